The van der Waals surface area contributed by atoms with Crippen LogP contribution in [-0.2, 0) is 21.1 Å². The maximum Gasteiger partial charge on any atom is 0.330 e. The van der Waals surface area contributed by atoms with Crippen molar-refractivity contribution < 1.29 is 29.3 Å². The number of ether oxygens (including phenoxy) is 1. The van der Waals surface area contributed by atoms with Crippen LogP contribution in [0.2, 0.25) is 0 Å². The summed E-state index contributed by atoms with van der Waals surface area (Å²) in [6.07, 6.45) is -4.15. The number of H-pyrrole nitrogens is 1. The van der Waals surface area contributed by atoms with Gasteiger partial charge in [0, 0.05) is 12.3 Å². The molecule has 1 fully saturated rings. The fraction of sp³-hybridized carbons (Fsp3) is 0.556. The van der Waals surface area contributed by atoms with Crippen molar-refractivity contribution in [2.24, 2.45) is 0 Å². The Bertz CT molecular complexity index is 668. The molecule has 1 aliphatic rings. The zero-order valence-corrected chi connectivity index (χ0v) is 12.1. The van der Waals surface area contributed by atoms with Gasteiger partial charge in [0.1, 0.15) is 18.3 Å². The van der Waals surface area contributed by atoms with E-state index in [4.69, 9.17) is 14.4 Å². The number of aliphatic hydroxyl groups is 2. The molecule has 0 aromatic carbocycles. The van der Waals surface area contributed by atoms with Crippen LogP contribution in [0.3, 0.4) is 0 Å². The summed E-state index contributed by atoms with van der Waals surface area (Å²) in [5.74, 6) is 0. The molecule has 1 aliphatic heterocycles. The van der Waals surface area contributed by atoms with Crippen molar-refractivity contribution in [3.05, 3.63) is 33.1 Å². The molecule has 2 rings (SSSR count). The van der Waals surface area contributed by atoms with E-state index in [0.717, 1.165) is 16.8 Å². The molecule has 1 aromatic rings. The van der Waals surface area contributed by atoms with Crippen LogP contribution < -0.4 is 11.2 Å². The molecule has 2 heterocycles. The van der Waals surface area contributed by atoms with Crippen molar-refractivity contribution in [2.75, 3.05) is 6.61 Å². The first-order valence-electron chi connectivity index (χ1n) is 5.73. The summed E-state index contributed by atoms with van der Waals surface area (Å²) in [5.41, 5.74) is -1.49. The van der Waals surface area contributed by atoms with Crippen molar-refractivity contribution >= 4 is 18.5 Å². The van der Waals surface area contributed by atoms with Gasteiger partial charge in [0.05, 0.1) is 6.61 Å². The predicted octanol–water partition coefficient (Wildman–Crippen LogP) is -2.62. The first-order chi connectivity index (χ1) is 9.73. The van der Waals surface area contributed by atoms with E-state index in [9.17, 15) is 24.5 Å². The predicted molar refractivity (Wildman–Crippen MR) is 71.9 cm³/mol. The Hall–Kier alpha value is -0.910. The Morgan fingerprint density at radius 1 is 1.48 bits per heavy atom. The summed E-state index contributed by atoms with van der Waals surface area (Å²) in [4.78, 5) is 43.2. The van der Waals surface area contributed by atoms with E-state index in [1.54, 1.807) is 0 Å². The van der Waals surface area contributed by atoms with Crippen LogP contribution in [0.1, 0.15) is 6.23 Å². The standard InChI is InChI=1S/C9H13N2O8PS/c12-3-4-6(14)7(19-20(16,17)21)8(18-4)11-2-1-5(13)10-9(11)15/h1-2,4,6-8,12,14H,3H2,(H,10,13,15)(H2,16,17,21)/t4-,6-,7-,8-/m1/s1. The van der Waals surface area contributed by atoms with Gasteiger partial charge in [-0.05, 0) is 11.8 Å². The fourth-order valence-electron chi connectivity index (χ4n) is 1.99. The Labute approximate surface area is 122 Å². The summed E-state index contributed by atoms with van der Waals surface area (Å²) in [5, 5.41) is 19.0. The number of aliphatic hydroxyl groups excluding tert-OH is 2. The highest BCUT2D eigenvalue weighted by atomic mass is 32.5. The van der Waals surface area contributed by atoms with Crippen molar-refractivity contribution in [1.29, 1.82) is 0 Å². The molecular formula is C9H13N2O8PS. The van der Waals surface area contributed by atoms with Gasteiger partial charge in [0.25, 0.3) is 5.56 Å². The zero-order chi connectivity index (χ0) is 15.8. The molecule has 1 aromatic heterocycles. The van der Waals surface area contributed by atoms with E-state index in [1.807, 2.05) is 4.98 Å². The number of nitrogens with one attached hydrogen (secondary N) is 1. The Morgan fingerprint density at radius 3 is 2.67 bits per heavy atom. The first-order valence-corrected chi connectivity index (χ1v) is 8.35. The van der Waals surface area contributed by atoms with E-state index >= 15 is 0 Å². The second kappa shape index (κ2) is 6.07. The van der Waals surface area contributed by atoms with Crippen molar-refractivity contribution in [2.45, 2.75) is 24.5 Å². The quantitative estimate of drug-likeness (QED) is 0.371. The van der Waals surface area contributed by atoms with E-state index in [2.05, 4.69) is 11.8 Å². The number of nitrogens with zero attached hydrogens (tertiary/aromatic N) is 1. The van der Waals surface area contributed by atoms with Gasteiger partial charge in [0.15, 0.2) is 6.23 Å². The summed E-state index contributed by atoms with van der Waals surface area (Å²) >= 11 is 4.33. The lowest BCUT2D eigenvalue weighted by Gasteiger charge is -2.23. The van der Waals surface area contributed by atoms with Gasteiger partial charge < -0.3 is 24.7 Å². The van der Waals surface area contributed by atoms with Gasteiger partial charge in [-0.3, -0.25) is 18.9 Å². The lowest BCUT2D eigenvalue weighted by Crippen LogP contribution is -2.38. The number of aromatic nitrogens is 2. The van der Waals surface area contributed by atoms with Crippen LogP contribution in [0, 0.1) is 0 Å². The molecule has 0 bridgehead atoms. The topological polar surface area (TPSA) is 154 Å². The molecule has 1 saturated heterocycles. The largest absolute Gasteiger partial charge is 0.394 e. The molecule has 4 atom stereocenters. The average Bonchev–Trinajstić information content (AvgIpc) is 2.65. The number of aromatic amines is 1. The molecule has 0 aliphatic carbocycles. The average molecular weight is 340 g/mol. The molecule has 118 valence electrons. The second-order valence-electron chi connectivity index (χ2n) is 4.32. The Morgan fingerprint density at radius 2 is 2.14 bits per heavy atom. The van der Waals surface area contributed by atoms with Crippen LogP contribution in [0.25, 0.3) is 0 Å². The minimum Gasteiger partial charge on any atom is -0.394 e. The fourth-order valence-corrected chi connectivity index (χ4v) is 2.84. The third-order valence-corrected chi connectivity index (χ3v) is 3.65. The van der Waals surface area contributed by atoms with Gasteiger partial charge in [-0.1, -0.05) is 0 Å². The van der Waals surface area contributed by atoms with Gasteiger partial charge >= 0.3 is 12.4 Å². The molecule has 0 amide bonds. The maximum atomic E-state index is 11.7. The highest BCUT2D eigenvalue weighted by molar-refractivity contribution is 8.06. The smallest absolute Gasteiger partial charge is 0.330 e. The summed E-state index contributed by atoms with van der Waals surface area (Å²) in [6.45, 7) is -4.74. The third-order valence-electron chi connectivity index (χ3n) is 2.88. The molecule has 5 N–H and O–H groups in total. The third kappa shape index (κ3) is 3.65. The molecule has 0 radical (unpaired) electrons. The van der Waals surface area contributed by atoms with Gasteiger partial charge in [0.2, 0.25) is 0 Å². The van der Waals surface area contributed by atoms with Crippen LogP contribution in [0.4, 0.5) is 0 Å². The zero-order valence-electron chi connectivity index (χ0n) is 10.4. The highest BCUT2D eigenvalue weighted by Crippen LogP contribution is 2.44. The number of rotatable bonds is 4. The van der Waals surface area contributed by atoms with E-state index in [0.29, 0.717) is 0 Å². The summed E-state index contributed by atoms with van der Waals surface area (Å²) in [6, 6.07) is 1.04. The molecule has 0 spiro atoms. The van der Waals surface area contributed by atoms with E-state index in [-0.39, 0.29) is 0 Å². The van der Waals surface area contributed by atoms with Gasteiger partial charge in [-0.2, -0.15) is 0 Å². The van der Waals surface area contributed by atoms with E-state index < -0.39 is 49.1 Å². The van der Waals surface area contributed by atoms with Crippen molar-refractivity contribution in [3.8, 4) is 0 Å². The minimum absolute atomic E-state index is 0.588. The number of hydrogen-bond donors (Lipinski definition) is 5. The molecule has 0 saturated carbocycles. The first kappa shape index (κ1) is 16.5. The minimum atomic E-state index is -4.15. The summed E-state index contributed by atoms with van der Waals surface area (Å²) < 4.78 is 10.9. The Balaban J connectivity index is 2.41. The Kier molecular flexibility index (Phi) is 4.76. The van der Waals surface area contributed by atoms with Crippen LogP contribution >= 0.6 is 6.72 Å². The molecule has 0 unspecified atom stereocenters. The van der Waals surface area contributed by atoms with Gasteiger partial charge in [-0.15, -0.1) is 0 Å². The van der Waals surface area contributed by atoms with Crippen LogP contribution in [-0.4, -0.2) is 54.5 Å². The van der Waals surface area contributed by atoms with Gasteiger partial charge in [-0.25, -0.2) is 4.79 Å². The monoisotopic (exact) mass is 340 g/mol. The van der Waals surface area contributed by atoms with Crippen molar-refractivity contribution in [3.63, 3.8) is 0 Å². The van der Waals surface area contributed by atoms with Crippen molar-refractivity contribution in [1.82, 2.24) is 9.55 Å². The molecule has 12 heteroatoms. The summed E-state index contributed by atoms with van der Waals surface area (Å²) in [7, 11) is 0. The maximum absolute atomic E-state index is 11.7. The second-order valence-corrected chi connectivity index (χ2v) is 6.94. The highest BCUT2D eigenvalue weighted by Gasteiger charge is 2.47. The lowest BCUT2D eigenvalue weighted by molar-refractivity contribution is -0.0531. The van der Waals surface area contributed by atoms with Crippen LogP contribution in [0.5, 0.6) is 0 Å². The lowest BCUT2D eigenvalue weighted by atomic mass is 10.1. The normalized spacial score (nSPS) is 29.7. The number of hydrogen-bond acceptors (Lipinski definition) is 7. The molecule has 10 nitrogen and oxygen atoms in total. The van der Waals surface area contributed by atoms with Crippen LogP contribution in [0.15, 0.2) is 21.9 Å². The molecule has 21 heavy (non-hydrogen) atoms. The molecular weight excluding hydrogens is 327 g/mol. The van der Waals surface area contributed by atoms with E-state index in [1.165, 1.54) is 0 Å². The SMILES string of the molecule is O=c1ccn([C@@H]2O[C@H](CO)[C@@H](O)[C@H]2OP(O)(O)=S)c(=O)[nH]1.